The molecule has 8 nitrogen and oxygen atoms in total. The number of hydrogen-bond donors (Lipinski definition) is 1. The van der Waals surface area contributed by atoms with E-state index in [1.807, 2.05) is 20.8 Å². The van der Waals surface area contributed by atoms with Gasteiger partial charge in [0.15, 0.2) is 16.9 Å². The van der Waals surface area contributed by atoms with Gasteiger partial charge in [-0.25, -0.2) is 19.2 Å². The number of carbonyl (C=O) groups is 1. The maximum atomic E-state index is 13.8. The predicted molar refractivity (Wildman–Crippen MR) is 104 cm³/mol. The molecule has 1 amide bonds. The van der Waals surface area contributed by atoms with E-state index in [0.29, 0.717) is 41.6 Å². The maximum Gasteiger partial charge on any atom is 0.410 e. The standard InChI is InChI=1S/C20H22FN5O3/c1-20(2,3)29-19(27)26-10-12(11-26)18-25-16-15(28-18)6-8-23-17(16)24-9-14-13(21)5-4-7-22-14/h4-8,12H,9-11H2,1-3H3,(H,23,24). The molecule has 0 unspecified atom stereocenters. The number of amides is 1. The smallest absolute Gasteiger partial charge is 0.410 e. The lowest BCUT2D eigenvalue weighted by atomic mass is 10.0. The second-order valence-electron chi connectivity index (χ2n) is 7.93. The van der Waals surface area contributed by atoms with E-state index in [9.17, 15) is 9.18 Å². The van der Waals surface area contributed by atoms with Gasteiger partial charge in [-0.05, 0) is 32.9 Å². The summed E-state index contributed by atoms with van der Waals surface area (Å²) in [6.07, 6.45) is 2.79. The van der Waals surface area contributed by atoms with Crippen molar-refractivity contribution in [3.8, 4) is 0 Å². The Hall–Kier alpha value is -3.23. The van der Waals surface area contributed by atoms with Crippen LogP contribution in [0.1, 0.15) is 38.3 Å². The second kappa shape index (κ2) is 7.31. The zero-order chi connectivity index (χ0) is 20.6. The fraction of sp³-hybridized carbons (Fsp3) is 0.400. The van der Waals surface area contributed by atoms with E-state index in [1.54, 1.807) is 23.2 Å². The summed E-state index contributed by atoms with van der Waals surface area (Å²) >= 11 is 0. The molecule has 1 aliphatic rings. The Morgan fingerprint density at radius 3 is 2.83 bits per heavy atom. The number of carbonyl (C=O) groups excluding carboxylic acids is 1. The van der Waals surface area contributed by atoms with E-state index in [0.717, 1.165) is 0 Å². The summed E-state index contributed by atoms with van der Waals surface area (Å²) in [6.45, 7) is 6.65. The summed E-state index contributed by atoms with van der Waals surface area (Å²) in [5.74, 6) is 0.645. The molecule has 0 spiro atoms. The molecule has 3 aromatic rings. The molecule has 152 valence electrons. The molecular formula is C20H22FN5O3. The SMILES string of the molecule is CC(C)(C)OC(=O)N1CC(c2nc3c(NCc4ncccc4F)nccc3o2)C1. The number of nitrogens with one attached hydrogen (secondary N) is 1. The van der Waals surface area contributed by atoms with Crippen molar-refractivity contribution in [1.82, 2.24) is 19.9 Å². The highest BCUT2D eigenvalue weighted by Gasteiger charge is 2.37. The van der Waals surface area contributed by atoms with Crippen LogP contribution in [0.25, 0.3) is 11.1 Å². The van der Waals surface area contributed by atoms with Gasteiger partial charge in [0.1, 0.15) is 11.4 Å². The van der Waals surface area contributed by atoms with Gasteiger partial charge in [-0.15, -0.1) is 0 Å². The lowest BCUT2D eigenvalue weighted by Crippen LogP contribution is -2.50. The van der Waals surface area contributed by atoms with E-state index >= 15 is 0 Å². The minimum atomic E-state index is -0.529. The van der Waals surface area contributed by atoms with Crippen molar-refractivity contribution >= 4 is 23.0 Å². The number of likely N-dealkylation sites (tertiary alicyclic amines) is 1. The highest BCUT2D eigenvalue weighted by atomic mass is 19.1. The third kappa shape index (κ3) is 4.13. The fourth-order valence-corrected chi connectivity index (χ4v) is 3.00. The van der Waals surface area contributed by atoms with Crippen LogP contribution in [0.5, 0.6) is 0 Å². The van der Waals surface area contributed by atoms with Crippen LogP contribution in [0.2, 0.25) is 0 Å². The molecular weight excluding hydrogens is 377 g/mol. The third-order valence-electron chi connectivity index (χ3n) is 4.46. The molecule has 1 N–H and O–H groups in total. The van der Waals surface area contributed by atoms with Crippen molar-refractivity contribution in [1.29, 1.82) is 0 Å². The minimum absolute atomic E-state index is 0.00370. The van der Waals surface area contributed by atoms with Crippen molar-refractivity contribution in [3.63, 3.8) is 0 Å². The second-order valence-corrected chi connectivity index (χ2v) is 7.93. The van der Waals surface area contributed by atoms with Crippen LogP contribution in [-0.2, 0) is 11.3 Å². The number of halogens is 1. The van der Waals surface area contributed by atoms with Crippen LogP contribution in [0.3, 0.4) is 0 Å². The van der Waals surface area contributed by atoms with Crippen LogP contribution >= 0.6 is 0 Å². The van der Waals surface area contributed by atoms with Crippen molar-refractivity contribution in [3.05, 3.63) is 48.0 Å². The van der Waals surface area contributed by atoms with Gasteiger partial charge in [0.25, 0.3) is 0 Å². The Kier molecular flexibility index (Phi) is 4.81. The fourth-order valence-electron chi connectivity index (χ4n) is 3.00. The van der Waals surface area contributed by atoms with Crippen molar-refractivity contribution in [2.75, 3.05) is 18.4 Å². The zero-order valence-electron chi connectivity index (χ0n) is 16.5. The summed E-state index contributed by atoms with van der Waals surface area (Å²) in [5.41, 5.74) is 0.908. The number of pyridine rings is 2. The topological polar surface area (TPSA) is 93.4 Å². The number of rotatable bonds is 4. The van der Waals surface area contributed by atoms with Crippen LogP contribution in [0, 0.1) is 5.82 Å². The molecule has 9 heteroatoms. The Bertz CT molecular complexity index is 1040. The average Bonchev–Trinajstić information content (AvgIpc) is 3.02. The first-order valence-electron chi connectivity index (χ1n) is 9.37. The summed E-state index contributed by atoms with van der Waals surface area (Å²) < 4.78 is 25.0. The molecule has 0 bridgehead atoms. The van der Waals surface area contributed by atoms with Gasteiger partial charge in [0.05, 0.1) is 18.2 Å². The van der Waals surface area contributed by atoms with E-state index < -0.39 is 5.60 Å². The number of ether oxygens (including phenoxy) is 1. The summed E-state index contributed by atoms with van der Waals surface area (Å²) in [7, 11) is 0. The number of anilines is 1. The van der Waals surface area contributed by atoms with Crippen LogP contribution < -0.4 is 5.32 Å². The molecule has 4 heterocycles. The maximum absolute atomic E-state index is 13.8. The first kappa shape index (κ1) is 19.1. The van der Waals surface area contributed by atoms with Gasteiger partial charge in [-0.3, -0.25) is 4.98 Å². The molecule has 1 aliphatic heterocycles. The molecule has 1 saturated heterocycles. The molecule has 0 radical (unpaired) electrons. The Morgan fingerprint density at radius 1 is 1.31 bits per heavy atom. The first-order chi connectivity index (χ1) is 13.8. The average molecular weight is 399 g/mol. The highest BCUT2D eigenvalue weighted by molar-refractivity contribution is 5.84. The normalized spacial score (nSPS) is 14.7. The monoisotopic (exact) mass is 399 g/mol. The van der Waals surface area contributed by atoms with Crippen LogP contribution in [0.15, 0.2) is 35.0 Å². The molecule has 4 rings (SSSR count). The Morgan fingerprint density at radius 2 is 2.10 bits per heavy atom. The van der Waals surface area contributed by atoms with Crippen molar-refractivity contribution < 1.29 is 18.3 Å². The largest absolute Gasteiger partial charge is 0.444 e. The Labute approximate surface area is 167 Å². The van der Waals surface area contributed by atoms with Crippen LogP contribution in [-0.4, -0.2) is 44.6 Å². The summed E-state index contributed by atoms with van der Waals surface area (Å²) in [6, 6.07) is 4.63. The lowest BCUT2D eigenvalue weighted by Gasteiger charge is -2.38. The van der Waals surface area contributed by atoms with Gasteiger partial charge in [-0.2, -0.15) is 0 Å². The third-order valence-corrected chi connectivity index (χ3v) is 4.46. The number of nitrogens with zero attached hydrogens (tertiary/aromatic N) is 4. The molecule has 0 atom stereocenters. The zero-order valence-corrected chi connectivity index (χ0v) is 16.5. The van der Waals surface area contributed by atoms with Gasteiger partial charge in [0, 0.05) is 31.5 Å². The molecule has 3 aromatic heterocycles. The molecule has 0 aliphatic carbocycles. The lowest BCUT2D eigenvalue weighted by molar-refractivity contribution is 0.00620. The number of fused-ring (bicyclic) bond motifs is 1. The molecule has 1 fully saturated rings. The van der Waals surface area contributed by atoms with E-state index in [-0.39, 0.29) is 24.4 Å². The predicted octanol–water partition coefficient (Wildman–Crippen LogP) is 3.70. The number of hydrogen-bond acceptors (Lipinski definition) is 7. The van der Waals surface area contributed by atoms with Crippen molar-refractivity contribution in [2.45, 2.75) is 38.8 Å². The molecule has 0 saturated carbocycles. The quantitative estimate of drug-likeness (QED) is 0.715. The summed E-state index contributed by atoms with van der Waals surface area (Å²) in [5, 5.41) is 3.07. The van der Waals surface area contributed by atoms with Gasteiger partial charge in [0.2, 0.25) is 5.89 Å². The first-order valence-corrected chi connectivity index (χ1v) is 9.37. The van der Waals surface area contributed by atoms with E-state index in [1.165, 1.54) is 12.3 Å². The van der Waals surface area contributed by atoms with Gasteiger partial charge in [-0.1, -0.05) is 0 Å². The van der Waals surface area contributed by atoms with E-state index in [4.69, 9.17) is 9.15 Å². The summed E-state index contributed by atoms with van der Waals surface area (Å²) in [4.78, 5) is 26.6. The van der Waals surface area contributed by atoms with Crippen molar-refractivity contribution in [2.24, 2.45) is 0 Å². The number of oxazole rings is 1. The van der Waals surface area contributed by atoms with Gasteiger partial charge < -0.3 is 19.4 Å². The molecule has 29 heavy (non-hydrogen) atoms. The Balaban J connectivity index is 1.45. The van der Waals surface area contributed by atoms with Crippen LogP contribution in [0.4, 0.5) is 15.0 Å². The number of aromatic nitrogens is 3. The highest BCUT2D eigenvalue weighted by Crippen LogP contribution is 2.31. The van der Waals surface area contributed by atoms with E-state index in [2.05, 4.69) is 20.3 Å². The molecule has 0 aromatic carbocycles. The van der Waals surface area contributed by atoms with Gasteiger partial charge >= 0.3 is 6.09 Å². The minimum Gasteiger partial charge on any atom is -0.444 e.